The van der Waals surface area contributed by atoms with E-state index in [0.29, 0.717) is 6.61 Å². The highest BCUT2D eigenvalue weighted by Gasteiger charge is 2.29. The Labute approximate surface area is 133 Å². The quantitative estimate of drug-likeness (QED) is 0.908. The number of thiazole rings is 1. The number of aromatic nitrogens is 1. The van der Waals surface area contributed by atoms with Crippen LogP contribution >= 0.6 is 11.3 Å². The highest BCUT2D eigenvalue weighted by Crippen LogP contribution is 2.35. The average Bonchev–Trinajstić information content (AvgIpc) is 3.13. The number of hydrogen-bond donors (Lipinski definition) is 2. The standard InChI is InChI=1S/C16H19N3O2S/c1-3-13-15(22-9-17-13)19-16(20)18-10(2)12-8-21-14-7-5-4-6-11(12)14/h4-7,9-10,12H,3,8H2,1-2H3,(H2,18,19,20)/t10-,12-/m1/s1. The molecule has 2 heterocycles. The molecule has 2 aromatic rings. The van der Waals surface area contributed by atoms with Gasteiger partial charge in [0.15, 0.2) is 0 Å². The smallest absolute Gasteiger partial charge is 0.320 e. The normalized spacial score (nSPS) is 17.5. The number of anilines is 1. The molecule has 2 amide bonds. The molecule has 2 N–H and O–H groups in total. The first-order valence-corrected chi connectivity index (χ1v) is 8.28. The van der Waals surface area contributed by atoms with Crippen LogP contribution in [-0.2, 0) is 6.42 Å². The predicted octanol–water partition coefficient (Wildman–Crippen LogP) is 3.39. The van der Waals surface area contributed by atoms with E-state index < -0.39 is 0 Å². The third kappa shape index (κ3) is 2.92. The summed E-state index contributed by atoms with van der Waals surface area (Å²) in [4.78, 5) is 16.4. The lowest BCUT2D eigenvalue weighted by atomic mass is 9.94. The number of urea groups is 1. The van der Waals surface area contributed by atoms with Gasteiger partial charge >= 0.3 is 6.03 Å². The lowest BCUT2D eigenvalue weighted by Crippen LogP contribution is -2.40. The molecule has 0 radical (unpaired) electrons. The number of para-hydroxylation sites is 1. The molecule has 0 unspecified atom stereocenters. The van der Waals surface area contributed by atoms with E-state index in [2.05, 4.69) is 21.7 Å². The van der Waals surface area contributed by atoms with E-state index in [-0.39, 0.29) is 18.0 Å². The zero-order valence-corrected chi connectivity index (χ0v) is 13.4. The monoisotopic (exact) mass is 317 g/mol. The first-order chi connectivity index (χ1) is 10.7. The van der Waals surface area contributed by atoms with Crippen LogP contribution in [0.5, 0.6) is 5.75 Å². The first-order valence-electron chi connectivity index (χ1n) is 7.40. The highest BCUT2D eigenvalue weighted by atomic mass is 32.1. The molecule has 3 rings (SSSR count). The molecule has 6 heteroatoms. The van der Waals surface area contributed by atoms with Gasteiger partial charge < -0.3 is 10.1 Å². The van der Waals surface area contributed by atoms with Gasteiger partial charge in [0.05, 0.1) is 17.8 Å². The van der Waals surface area contributed by atoms with Gasteiger partial charge in [-0.05, 0) is 19.4 Å². The maximum absolute atomic E-state index is 12.2. The number of amides is 2. The minimum absolute atomic E-state index is 0.0124. The highest BCUT2D eigenvalue weighted by molar-refractivity contribution is 7.14. The van der Waals surface area contributed by atoms with Gasteiger partial charge in [-0.1, -0.05) is 25.1 Å². The molecular weight excluding hydrogens is 298 g/mol. The van der Waals surface area contributed by atoms with E-state index >= 15 is 0 Å². The molecule has 0 spiro atoms. The van der Waals surface area contributed by atoms with Crippen LogP contribution in [0.25, 0.3) is 0 Å². The number of carbonyl (C=O) groups is 1. The van der Waals surface area contributed by atoms with Crippen molar-refractivity contribution in [2.75, 3.05) is 11.9 Å². The number of ether oxygens (including phenoxy) is 1. The van der Waals surface area contributed by atoms with Crippen LogP contribution in [-0.4, -0.2) is 23.7 Å². The van der Waals surface area contributed by atoms with Crippen molar-refractivity contribution in [2.45, 2.75) is 32.2 Å². The van der Waals surface area contributed by atoms with E-state index in [0.717, 1.165) is 28.4 Å². The Morgan fingerprint density at radius 3 is 3.14 bits per heavy atom. The number of benzene rings is 1. The van der Waals surface area contributed by atoms with Gasteiger partial charge in [0.1, 0.15) is 10.8 Å². The number of nitrogens with zero attached hydrogens (tertiary/aromatic N) is 1. The second-order valence-corrected chi connectivity index (χ2v) is 6.18. The van der Waals surface area contributed by atoms with Crippen molar-refractivity contribution >= 4 is 22.4 Å². The van der Waals surface area contributed by atoms with Crippen molar-refractivity contribution < 1.29 is 9.53 Å². The van der Waals surface area contributed by atoms with Crippen molar-refractivity contribution in [2.24, 2.45) is 0 Å². The number of hydrogen-bond acceptors (Lipinski definition) is 4. The summed E-state index contributed by atoms with van der Waals surface area (Å²) in [7, 11) is 0. The Morgan fingerprint density at radius 1 is 1.50 bits per heavy atom. The predicted molar refractivity (Wildman–Crippen MR) is 87.8 cm³/mol. The SMILES string of the molecule is CCc1ncsc1NC(=O)N[C@H](C)[C@H]1COc2ccccc21. The van der Waals surface area contributed by atoms with Gasteiger partial charge in [0.25, 0.3) is 0 Å². The van der Waals surface area contributed by atoms with Crippen LogP contribution in [0.2, 0.25) is 0 Å². The average molecular weight is 317 g/mol. The Kier molecular flexibility index (Phi) is 4.29. The van der Waals surface area contributed by atoms with Gasteiger partial charge in [-0.25, -0.2) is 9.78 Å². The van der Waals surface area contributed by atoms with Crippen molar-refractivity contribution in [3.8, 4) is 5.75 Å². The molecule has 0 saturated heterocycles. The van der Waals surface area contributed by atoms with Crippen LogP contribution in [0.15, 0.2) is 29.8 Å². The molecule has 5 nitrogen and oxygen atoms in total. The molecule has 116 valence electrons. The van der Waals surface area contributed by atoms with Crippen LogP contribution in [0.3, 0.4) is 0 Å². The van der Waals surface area contributed by atoms with Gasteiger partial charge in [0.2, 0.25) is 0 Å². The minimum atomic E-state index is -0.198. The molecular formula is C16H19N3O2S. The van der Waals surface area contributed by atoms with Crippen molar-refractivity contribution in [3.63, 3.8) is 0 Å². The van der Waals surface area contributed by atoms with Crippen LogP contribution in [0.1, 0.15) is 31.0 Å². The van der Waals surface area contributed by atoms with Crippen molar-refractivity contribution in [3.05, 3.63) is 41.0 Å². The van der Waals surface area contributed by atoms with E-state index in [1.165, 1.54) is 11.3 Å². The summed E-state index contributed by atoms with van der Waals surface area (Å²) in [6, 6.07) is 7.77. The Hall–Kier alpha value is -2.08. The van der Waals surface area contributed by atoms with Crippen molar-refractivity contribution in [1.82, 2.24) is 10.3 Å². The van der Waals surface area contributed by atoms with E-state index in [4.69, 9.17) is 4.74 Å². The molecule has 0 bridgehead atoms. The fourth-order valence-corrected chi connectivity index (χ4v) is 3.44. The number of fused-ring (bicyclic) bond motifs is 1. The number of carbonyl (C=O) groups excluding carboxylic acids is 1. The van der Waals surface area contributed by atoms with Crippen LogP contribution in [0.4, 0.5) is 9.80 Å². The zero-order chi connectivity index (χ0) is 15.5. The number of rotatable bonds is 4. The second kappa shape index (κ2) is 6.36. The number of aryl methyl sites for hydroxylation is 1. The fourth-order valence-electron chi connectivity index (χ4n) is 2.67. The summed E-state index contributed by atoms with van der Waals surface area (Å²) in [5.74, 6) is 1.09. The summed E-state index contributed by atoms with van der Waals surface area (Å²) in [6.45, 7) is 4.62. The lowest BCUT2D eigenvalue weighted by Gasteiger charge is -2.20. The first kappa shape index (κ1) is 14.8. The molecule has 0 saturated carbocycles. The van der Waals surface area contributed by atoms with Crippen LogP contribution in [0, 0.1) is 0 Å². The molecule has 1 aliphatic heterocycles. The minimum Gasteiger partial charge on any atom is -0.493 e. The molecule has 1 aromatic carbocycles. The zero-order valence-electron chi connectivity index (χ0n) is 12.6. The van der Waals surface area contributed by atoms with E-state index in [9.17, 15) is 4.79 Å². The van der Waals surface area contributed by atoms with E-state index in [1.54, 1.807) is 5.51 Å². The van der Waals surface area contributed by atoms with Gasteiger partial charge in [-0.15, -0.1) is 11.3 Å². The molecule has 1 aliphatic rings. The molecule has 22 heavy (non-hydrogen) atoms. The summed E-state index contributed by atoms with van der Waals surface area (Å²) in [5.41, 5.74) is 3.82. The molecule has 2 atom stereocenters. The second-order valence-electron chi connectivity index (χ2n) is 5.32. The maximum Gasteiger partial charge on any atom is 0.320 e. The van der Waals surface area contributed by atoms with Crippen LogP contribution < -0.4 is 15.4 Å². The Balaban J connectivity index is 1.63. The molecule has 0 fully saturated rings. The third-order valence-corrected chi connectivity index (χ3v) is 4.69. The van der Waals surface area contributed by atoms with Gasteiger partial charge in [-0.3, -0.25) is 5.32 Å². The van der Waals surface area contributed by atoms with E-state index in [1.807, 2.05) is 32.0 Å². The fraction of sp³-hybridized carbons (Fsp3) is 0.375. The lowest BCUT2D eigenvalue weighted by molar-refractivity contribution is 0.244. The topological polar surface area (TPSA) is 63.2 Å². The summed E-state index contributed by atoms with van der Waals surface area (Å²) in [6.07, 6.45) is 0.804. The Morgan fingerprint density at radius 2 is 2.32 bits per heavy atom. The van der Waals surface area contributed by atoms with Gasteiger partial charge in [-0.2, -0.15) is 0 Å². The Bertz CT molecular complexity index is 671. The molecule has 0 aliphatic carbocycles. The van der Waals surface area contributed by atoms with Gasteiger partial charge in [0, 0.05) is 17.5 Å². The summed E-state index contributed by atoms with van der Waals surface area (Å²) >= 11 is 1.44. The maximum atomic E-state index is 12.2. The number of nitrogens with one attached hydrogen (secondary N) is 2. The molecule has 1 aromatic heterocycles. The third-order valence-electron chi connectivity index (χ3n) is 3.90. The van der Waals surface area contributed by atoms with Crippen molar-refractivity contribution in [1.29, 1.82) is 0 Å². The summed E-state index contributed by atoms with van der Waals surface area (Å²) < 4.78 is 5.68. The largest absolute Gasteiger partial charge is 0.493 e. The summed E-state index contributed by atoms with van der Waals surface area (Å²) in [5, 5.41) is 6.70.